The molecule has 2 aromatic heterocycles. The molecule has 0 amide bonds. The number of hydrogen-bond donors (Lipinski definition) is 1. The fraction of sp³-hybridized carbons (Fsp3) is 0.238. The molecule has 252 valence electrons. The molecule has 0 radical (unpaired) electrons. The minimum absolute atomic E-state index is 0.0492. The van der Waals surface area contributed by atoms with Crippen LogP contribution >= 0.6 is 11.8 Å². The molecule has 0 aliphatic rings. The Kier molecular flexibility index (Phi) is 12.6. The van der Waals surface area contributed by atoms with Gasteiger partial charge in [0, 0.05) is 4.90 Å². The summed E-state index contributed by atoms with van der Waals surface area (Å²) in [6, 6.07) is 46.1. The molecule has 0 aliphatic heterocycles. The molecule has 4 aromatic carbocycles. The van der Waals surface area contributed by atoms with Gasteiger partial charge in [-0.15, -0.1) is 11.8 Å². The molecule has 7 heteroatoms. The van der Waals surface area contributed by atoms with Crippen molar-refractivity contribution in [3.05, 3.63) is 186 Å². The summed E-state index contributed by atoms with van der Waals surface area (Å²) in [5.74, 6) is 1.08. The minimum Gasteiger partial charge on any atom is -0.469 e. The first-order chi connectivity index (χ1) is 24.1. The SMILES string of the molecule is Cc1ccc(S[C@@H](C(c2ccco2)c2ccco2)[C@H](OCc2ccccc2)[C@H](OCc2ccccc2)[C@@H](O)COCc2ccccc2)cc1. The molecular weight excluding hydrogens is 633 g/mol. The quantitative estimate of drug-likeness (QED) is 0.0912. The largest absolute Gasteiger partial charge is 0.469 e. The highest BCUT2D eigenvalue weighted by Gasteiger charge is 2.44. The average molecular weight is 675 g/mol. The number of rotatable bonds is 18. The van der Waals surface area contributed by atoms with E-state index in [4.69, 9.17) is 23.0 Å². The molecule has 0 saturated heterocycles. The number of aliphatic hydroxyl groups excluding tert-OH is 1. The van der Waals surface area contributed by atoms with Crippen molar-refractivity contribution < 1.29 is 28.2 Å². The van der Waals surface area contributed by atoms with Crippen LogP contribution in [0.4, 0.5) is 0 Å². The topological polar surface area (TPSA) is 74.2 Å². The summed E-state index contributed by atoms with van der Waals surface area (Å²) in [6.07, 6.45) is 0.868. The lowest BCUT2D eigenvalue weighted by Crippen LogP contribution is -2.50. The first-order valence-electron chi connectivity index (χ1n) is 16.5. The molecule has 6 rings (SSSR count). The fourth-order valence-corrected chi connectivity index (χ4v) is 7.18. The van der Waals surface area contributed by atoms with E-state index in [1.807, 2.05) is 115 Å². The zero-order chi connectivity index (χ0) is 33.7. The first kappa shape index (κ1) is 34.5. The summed E-state index contributed by atoms with van der Waals surface area (Å²) >= 11 is 1.66. The Bertz CT molecular complexity index is 1710. The molecule has 0 bridgehead atoms. The molecule has 2 heterocycles. The van der Waals surface area contributed by atoms with Crippen LogP contribution in [0.3, 0.4) is 0 Å². The highest BCUT2D eigenvalue weighted by molar-refractivity contribution is 8.00. The van der Waals surface area contributed by atoms with Gasteiger partial charge in [-0.2, -0.15) is 0 Å². The third kappa shape index (κ3) is 9.85. The number of aryl methyl sites for hydroxylation is 1. The number of hydrogen-bond acceptors (Lipinski definition) is 7. The van der Waals surface area contributed by atoms with E-state index in [-0.39, 0.29) is 24.4 Å². The molecule has 1 N–H and O–H groups in total. The van der Waals surface area contributed by atoms with Crippen LogP contribution in [0.15, 0.2) is 166 Å². The molecule has 0 unspecified atom stereocenters. The number of furan rings is 2. The Labute approximate surface area is 292 Å². The van der Waals surface area contributed by atoms with Crippen LogP contribution in [-0.2, 0) is 34.0 Å². The van der Waals surface area contributed by atoms with Gasteiger partial charge >= 0.3 is 0 Å². The van der Waals surface area contributed by atoms with Gasteiger partial charge in [0.1, 0.15) is 29.8 Å². The van der Waals surface area contributed by atoms with Crippen LogP contribution in [0.1, 0.15) is 39.7 Å². The number of thioether (sulfide) groups is 1. The van der Waals surface area contributed by atoms with E-state index in [9.17, 15) is 5.11 Å². The van der Waals surface area contributed by atoms with Crippen LogP contribution in [0.25, 0.3) is 0 Å². The smallest absolute Gasteiger partial charge is 0.115 e. The van der Waals surface area contributed by atoms with Crippen LogP contribution in [0, 0.1) is 6.92 Å². The highest BCUT2D eigenvalue weighted by atomic mass is 32.2. The van der Waals surface area contributed by atoms with Crippen LogP contribution in [-0.4, -0.2) is 35.3 Å². The van der Waals surface area contributed by atoms with Gasteiger partial charge < -0.3 is 28.2 Å². The molecule has 4 atom stereocenters. The van der Waals surface area contributed by atoms with Gasteiger partial charge in [-0.3, -0.25) is 0 Å². The third-order valence-corrected chi connectivity index (χ3v) is 9.68. The van der Waals surface area contributed by atoms with Crippen LogP contribution < -0.4 is 0 Å². The molecule has 0 spiro atoms. The standard InChI is InChI=1S/C42H42O6S/c1-31-21-23-35(24-22-31)49-42(39(37-19-11-25-45-37)38-20-12-26-46-38)41(48-29-34-17-9-4-10-18-34)40(47-28-33-15-7-3-8-16-33)36(43)30-44-27-32-13-5-2-6-14-32/h2-26,36,39-43H,27-30H2,1H3/t36-,40+,41+,42-/m0/s1. The van der Waals surface area contributed by atoms with Crippen molar-refractivity contribution in [1.29, 1.82) is 0 Å². The number of benzene rings is 4. The van der Waals surface area contributed by atoms with Gasteiger partial charge in [0.2, 0.25) is 0 Å². The van der Waals surface area contributed by atoms with E-state index in [0.717, 1.165) is 33.1 Å². The van der Waals surface area contributed by atoms with E-state index >= 15 is 0 Å². The van der Waals surface area contributed by atoms with Gasteiger partial charge in [-0.25, -0.2) is 0 Å². The lowest BCUT2D eigenvalue weighted by Gasteiger charge is -2.38. The summed E-state index contributed by atoms with van der Waals surface area (Å²) in [6.45, 7) is 3.07. The maximum atomic E-state index is 12.0. The maximum absolute atomic E-state index is 12.0. The zero-order valence-corrected chi connectivity index (χ0v) is 28.4. The lowest BCUT2D eigenvalue weighted by atomic mass is 9.91. The Morgan fingerprint density at radius 2 is 1.06 bits per heavy atom. The molecule has 0 fully saturated rings. The molecule has 0 aliphatic carbocycles. The van der Waals surface area contributed by atoms with E-state index in [0.29, 0.717) is 13.2 Å². The van der Waals surface area contributed by atoms with Crippen molar-refractivity contribution in [3.8, 4) is 0 Å². The summed E-state index contributed by atoms with van der Waals surface area (Å²) in [5, 5.41) is 11.7. The fourth-order valence-electron chi connectivity index (χ4n) is 5.80. The first-order valence-corrected chi connectivity index (χ1v) is 17.4. The predicted octanol–water partition coefficient (Wildman–Crippen LogP) is 9.22. The lowest BCUT2D eigenvalue weighted by molar-refractivity contribution is -0.148. The summed E-state index contributed by atoms with van der Waals surface area (Å²) < 4.78 is 32.0. The van der Waals surface area contributed by atoms with E-state index in [1.54, 1.807) is 24.3 Å². The van der Waals surface area contributed by atoms with Crippen molar-refractivity contribution in [1.82, 2.24) is 0 Å². The van der Waals surface area contributed by atoms with Gasteiger partial charge in [0.05, 0.1) is 50.1 Å². The zero-order valence-electron chi connectivity index (χ0n) is 27.5. The third-order valence-electron chi connectivity index (χ3n) is 8.32. The Balaban J connectivity index is 1.40. The van der Waals surface area contributed by atoms with Gasteiger partial charge in [0.25, 0.3) is 0 Å². The molecule has 49 heavy (non-hydrogen) atoms. The summed E-state index contributed by atoms with van der Waals surface area (Å²) in [7, 11) is 0. The molecule has 6 aromatic rings. The van der Waals surface area contributed by atoms with E-state index < -0.39 is 18.3 Å². The van der Waals surface area contributed by atoms with Crippen molar-refractivity contribution in [2.24, 2.45) is 0 Å². The van der Waals surface area contributed by atoms with Crippen molar-refractivity contribution in [3.63, 3.8) is 0 Å². The van der Waals surface area contributed by atoms with E-state index in [1.165, 1.54) is 5.56 Å². The number of aliphatic hydroxyl groups is 1. The number of ether oxygens (including phenoxy) is 3. The summed E-state index contributed by atoms with van der Waals surface area (Å²) in [4.78, 5) is 1.05. The van der Waals surface area contributed by atoms with Crippen LogP contribution in [0.5, 0.6) is 0 Å². The molecule has 6 nitrogen and oxygen atoms in total. The average Bonchev–Trinajstić information content (AvgIpc) is 3.88. The van der Waals surface area contributed by atoms with Crippen molar-refractivity contribution >= 4 is 11.8 Å². The molecule has 0 saturated carbocycles. The monoisotopic (exact) mass is 674 g/mol. The van der Waals surface area contributed by atoms with Crippen molar-refractivity contribution in [2.75, 3.05) is 6.61 Å². The van der Waals surface area contributed by atoms with Gasteiger partial charge in [-0.1, -0.05) is 109 Å². The Morgan fingerprint density at radius 3 is 1.55 bits per heavy atom. The predicted molar refractivity (Wildman–Crippen MR) is 192 cm³/mol. The minimum atomic E-state index is -1.02. The van der Waals surface area contributed by atoms with Gasteiger partial charge in [0.15, 0.2) is 0 Å². The Hall–Kier alpha value is -4.37. The van der Waals surface area contributed by atoms with Crippen molar-refractivity contribution in [2.45, 2.75) is 61.1 Å². The van der Waals surface area contributed by atoms with Crippen LogP contribution in [0.2, 0.25) is 0 Å². The second-order valence-electron chi connectivity index (χ2n) is 12.0. The normalized spacial score (nSPS) is 14.0. The Morgan fingerprint density at radius 1 is 0.571 bits per heavy atom. The van der Waals surface area contributed by atoms with E-state index in [2.05, 4.69) is 31.2 Å². The second kappa shape index (κ2) is 17.9. The maximum Gasteiger partial charge on any atom is 0.115 e. The van der Waals surface area contributed by atoms with Gasteiger partial charge in [-0.05, 0) is 60.0 Å². The highest BCUT2D eigenvalue weighted by Crippen LogP contribution is 2.43. The molecular formula is C42H42O6S. The summed E-state index contributed by atoms with van der Waals surface area (Å²) in [5.41, 5.74) is 4.19. The second-order valence-corrected chi connectivity index (χ2v) is 13.2.